The first kappa shape index (κ1) is 16.3. The second kappa shape index (κ2) is 6.81. The second-order valence-electron chi connectivity index (χ2n) is 5.26. The van der Waals surface area contributed by atoms with Crippen molar-refractivity contribution in [3.63, 3.8) is 0 Å². The van der Waals surface area contributed by atoms with Crippen LogP contribution in [0.5, 0.6) is 0 Å². The molecule has 118 valence electrons. The van der Waals surface area contributed by atoms with Crippen LogP contribution >= 0.6 is 0 Å². The van der Waals surface area contributed by atoms with Gasteiger partial charge in [-0.2, -0.15) is 4.31 Å². The molecule has 0 radical (unpaired) electrons. The Morgan fingerprint density at radius 1 is 1.19 bits per heavy atom. The van der Waals surface area contributed by atoms with Crippen LogP contribution in [0.4, 0.5) is 8.78 Å². The maximum atomic E-state index is 13.2. The first-order valence-electron chi connectivity index (χ1n) is 7.10. The van der Waals surface area contributed by atoms with Crippen LogP contribution in [-0.4, -0.2) is 38.9 Å². The zero-order valence-electron chi connectivity index (χ0n) is 12.0. The molecule has 0 unspecified atom stereocenters. The number of hydrogen-bond donors (Lipinski definition) is 1. The fraction of sp³-hybridized carbons (Fsp3) is 0.571. The summed E-state index contributed by atoms with van der Waals surface area (Å²) in [5, 5.41) is 3.25. The maximum absolute atomic E-state index is 13.2. The van der Waals surface area contributed by atoms with Gasteiger partial charge in [-0.05, 0) is 44.0 Å². The van der Waals surface area contributed by atoms with E-state index in [9.17, 15) is 17.2 Å². The molecule has 0 spiro atoms. The van der Waals surface area contributed by atoms with Crippen LogP contribution in [-0.2, 0) is 10.0 Å². The lowest BCUT2D eigenvalue weighted by atomic mass is 9.98. The molecule has 1 aromatic rings. The molecule has 1 aromatic carbocycles. The average Bonchev–Trinajstić information content (AvgIpc) is 2.44. The molecule has 0 bridgehead atoms. The van der Waals surface area contributed by atoms with E-state index >= 15 is 0 Å². The highest BCUT2D eigenvalue weighted by atomic mass is 32.2. The van der Waals surface area contributed by atoms with E-state index in [1.165, 1.54) is 4.31 Å². The van der Waals surface area contributed by atoms with Gasteiger partial charge in [-0.1, -0.05) is 6.92 Å². The van der Waals surface area contributed by atoms with Gasteiger partial charge >= 0.3 is 0 Å². The van der Waals surface area contributed by atoms with Crippen LogP contribution in [0.3, 0.4) is 0 Å². The first-order valence-corrected chi connectivity index (χ1v) is 8.54. The largest absolute Gasteiger partial charge is 0.317 e. The van der Waals surface area contributed by atoms with Gasteiger partial charge in [0.05, 0.1) is 4.90 Å². The van der Waals surface area contributed by atoms with Crippen molar-refractivity contribution < 1.29 is 17.2 Å². The molecule has 4 nitrogen and oxygen atoms in total. The number of nitrogens with zero attached hydrogens (tertiary/aromatic N) is 1. The van der Waals surface area contributed by atoms with E-state index in [2.05, 4.69) is 5.32 Å². The van der Waals surface area contributed by atoms with Crippen molar-refractivity contribution in [2.45, 2.75) is 24.7 Å². The van der Waals surface area contributed by atoms with Crippen molar-refractivity contribution >= 4 is 10.0 Å². The highest BCUT2D eigenvalue weighted by Gasteiger charge is 2.29. The van der Waals surface area contributed by atoms with Crippen LogP contribution in [0.1, 0.15) is 19.8 Å². The molecule has 1 saturated heterocycles. The fourth-order valence-electron chi connectivity index (χ4n) is 2.53. The van der Waals surface area contributed by atoms with Crippen LogP contribution < -0.4 is 5.32 Å². The standard InChI is InChI=1S/C14H20F2N2O2S/c1-2-17-10-11-3-5-18(6-4-11)21(19,20)14-8-12(15)7-13(16)9-14/h7-9,11,17H,2-6,10H2,1H3. The van der Waals surface area contributed by atoms with Crippen molar-refractivity contribution in [2.75, 3.05) is 26.2 Å². The molecule has 0 aliphatic carbocycles. The summed E-state index contributed by atoms with van der Waals surface area (Å²) >= 11 is 0. The lowest BCUT2D eigenvalue weighted by Crippen LogP contribution is -2.40. The molecule has 21 heavy (non-hydrogen) atoms. The van der Waals surface area contributed by atoms with Crippen LogP contribution in [0, 0.1) is 17.6 Å². The smallest absolute Gasteiger partial charge is 0.243 e. The van der Waals surface area contributed by atoms with Gasteiger partial charge in [0.1, 0.15) is 11.6 Å². The van der Waals surface area contributed by atoms with E-state index < -0.39 is 21.7 Å². The third kappa shape index (κ3) is 3.99. The van der Waals surface area contributed by atoms with Gasteiger partial charge in [-0.15, -0.1) is 0 Å². The Kier molecular flexibility index (Phi) is 5.29. The number of benzene rings is 1. The van der Waals surface area contributed by atoms with E-state index in [1.54, 1.807) is 0 Å². The maximum Gasteiger partial charge on any atom is 0.243 e. The minimum Gasteiger partial charge on any atom is -0.317 e. The minimum atomic E-state index is -3.82. The summed E-state index contributed by atoms with van der Waals surface area (Å²) in [6, 6.07) is 2.40. The molecule has 0 amide bonds. The average molecular weight is 318 g/mol. The number of halogens is 2. The zero-order valence-corrected chi connectivity index (χ0v) is 12.8. The van der Waals surface area contributed by atoms with Gasteiger partial charge in [0.15, 0.2) is 0 Å². The molecule has 0 saturated carbocycles. The van der Waals surface area contributed by atoms with Gasteiger partial charge in [0, 0.05) is 19.2 Å². The van der Waals surface area contributed by atoms with Crippen molar-refractivity contribution in [1.29, 1.82) is 0 Å². The van der Waals surface area contributed by atoms with Crippen LogP contribution in [0.15, 0.2) is 23.1 Å². The normalized spacial score (nSPS) is 18.0. The fourth-order valence-corrected chi connectivity index (χ4v) is 4.04. The Hall–Kier alpha value is -1.05. The van der Waals surface area contributed by atoms with Crippen molar-refractivity contribution in [1.82, 2.24) is 9.62 Å². The summed E-state index contributed by atoms with van der Waals surface area (Å²) in [5.41, 5.74) is 0. The summed E-state index contributed by atoms with van der Waals surface area (Å²) in [7, 11) is -3.82. The third-order valence-electron chi connectivity index (χ3n) is 3.73. The lowest BCUT2D eigenvalue weighted by Gasteiger charge is -2.31. The van der Waals surface area contributed by atoms with Gasteiger partial charge in [-0.25, -0.2) is 17.2 Å². The van der Waals surface area contributed by atoms with Crippen molar-refractivity contribution in [3.05, 3.63) is 29.8 Å². The molecule has 1 aliphatic rings. The summed E-state index contributed by atoms with van der Waals surface area (Å²) < 4.78 is 52.5. The van der Waals surface area contributed by atoms with Crippen molar-refractivity contribution in [3.8, 4) is 0 Å². The second-order valence-corrected chi connectivity index (χ2v) is 7.20. The predicted molar refractivity (Wildman–Crippen MR) is 76.4 cm³/mol. The van der Waals surface area contributed by atoms with E-state index in [1.807, 2.05) is 6.92 Å². The molecule has 2 rings (SSSR count). The monoisotopic (exact) mass is 318 g/mol. The SMILES string of the molecule is CCNCC1CCN(S(=O)(=O)c2cc(F)cc(F)c2)CC1. The van der Waals surface area contributed by atoms with E-state index in [0.29, 0.717) is 25.1 Å². The zero-order chi connectivity index (χ0) is 15.5. The molecular weight excluding hydrogens is 298 g/mol. The predicted octanol–water partition coefficient (Wildman–Crippen LogP) is 1.97. The van der Waals surface area contributed by atoms with Crippen molar-refractivity contribution in [2.24, 2.45) is 5.92 Å². The molecule has 1 N–H and O–H groups in total. The Morgan fingerprint density at radius 3 is 2.29 bits per heavy atom. The molecule has 0 aromatic heterocycles. The molecule has 1 aliphatic heterocycles. The number of rotatable bonds is 5. The Balaban J connectivity index is 2.07. The van der Waals surface area contributed by atoms with Gasteiger partial charge < -0.3 is 5.32 Å². The molecule has 7 heteroatoms. The topological polar surface area (TPSA) is 49.4 Å². The summed E-state index contributed by atoms with van der Waals surface area (Å²) in [4.78, 5) is -0.315. The van der Waals surface area contributed by atoms with Gasteiger partial charge in [-0.3, -0.25) is 0 Å². The number of nitrogens with one attached hydrogen (secondary N) is 1. The summed E-state index contributed by atoms with van der Waals surface area (Å²) in [6.07, 6.45) is 1.51. The van der Waals surface area contributed by atoms with Gasteiger partial charge in [0.2, 0.25) is 10.0 Å². The molecular formula is C14H20F2N2O2S. The van der Waals surface area contributed by atoms with E-state index in [-0.39, 0.29) is 4.90 Å². The van der Waals surface area contributed by atoms with E-state index in [0.717, 1.165) is 38.1 Å². The van der Waals surface area contributed by atoms with Crippen LogP contribution in [0.25, 0.3) is 0 Å². The molecule has 1 fully saturated rings. The Morgan fingerprint density at radius 2 is 1.76 bits per heavy atom. The minimum absolute atomic E-state index is 0.315. The number of piperidine rings is 1. The lowest BCUT2D eigenvalue weighted by molar-refractivity contribution is 0.268. The quantitative estimate of drug-likeness (QED) is 0.903. The summed E-state index contributed by atoms with van der Waals surface area (Å²) in [5.74, 6) is -1.31. The number of sulfonamides is 1. The van der Waals surface area contributed by atoms with Crippen LogP contribution in [0.2, 0.25) is 0 Å². The van der Waals surface area contributed by atoms with Gasteiger partial charge in [0.25, 0.3) is 0 Å². The highest BCUT2D eigenvalue weighted by molar-refractivity contribution is 7.89. The Bertz CT molecular complexity index is 564. The highest BCUT2D eigenvalue weighted by Crippen LogP contribution is 2.24. The van der Waals surface area contributed by atoms with E-state index in [4.69, 9.17) is 0 Å². The summed E-state index contributed by atoms with van der Waals surface area (Å²) in [6.45, 7) is 4.56. The number of hydrogen-bond acceptors (Lipinski definition) is 3. The Labute approximate surface area is 124 Å². The first-order chi connectivity index (χ1) is 9.93. The molecule has 0 atom stereocenters. The molecule has 1 heterocycles. The third-order valence-corrected chi connectivity index (χ3v) is 5.61.